The van der Waals surface area contributed by atoms with E-state index >= 15 is 0 Å². The van der Waals surface area contributed by atoms with E-state index in [1.807, 2.05) is 0 Å². The lowest BCUT2D eigenvalue weighted by Gasteiger charge is -2.42. The van der Waals surface area contributed by atoms with Crippen molar-refractivity contribution in [3.05, 3.63) is 0 Å². The number of carbonyl (C=O) groups excluding carboxylic acids is 1. The van der Waals surface area contributed by atoms with Crippen molar-refractivity contribution < 1.29 is 35.5 Å². The SMILES string of the molecule is CO[Si](CCCCCCCCCCCC(CCCCCCCCCCC[Si](OC)(OC)OC)CNC(=O)CCCCCCCCCC[Si](C)(C)O[Si](C)(C)C(C)(C)C)(OC)OC. The maximum atomic E-state index is 12.9. The average Bonchev–Trinajstić information content (AvgIpc) is 3.23. The highest BCUT2D eigenvalue weighted by Crippen LogP contribution is 2.39. The lowest BCUT2D eigenvalue weighted by Crippen LogP contribution is -2.49. The highest BCUT2D eigenvalue weighted by Gasteiger charge is 2.41. The van der Waals surface area contributed by atoms with Gasteiger partial charge >= 0.3 is 17.6 Å². The van der Waals surface area contributed by atoms with Gasteiger partial charge in [-0.05, 0) is 75.3 Å². The van der Waals surface area contributed by atoms with Crippen molar-refractivity contribution in [3.63, 3.8) is 0 Å². The fourth-order valence-electron chi connectivity index (χ4n) is 8.62. The van der Waals surface area contributed by atoms with E-state index in [9.17, 15) is 4.79 Å². The second-order valence-electron chi connectivity index (χ2n) is 20.7. The minimum atomic E-state index is -2.42. The van der Waals surface area contributed by atoms with Crippen molar-refractivity contribution in [2.75, 3.05) is 49.2 Å². The molecule has 1 amide bonds. The number of amides is 1. The Morgan fingerprint density at radius 3 is 1.05 bits per heavy atom. The van der Waals surface area contributed by atoms with E-state index in [-0.39, 0.29) is 10.9 Å². The molecule has 0 aliphatic rings. The molecule has 13 heteroatoms. The van der Waals surface area contributed by atoms with E-state index in [1.165, 1.54) is 167 Å². The molecule has 0 aromatic carbocycles. The summed E-state index contributed by atoms with van der Waals surface area (Å²) in [5.41, 5.74) is 0. The van der Waals surface area contributed by atoms with Gasteiger partial charge in [-0.1, -0.05) is 168 Å². The topological polar surface area (TPSA) is 93.7 Å². The first-order chi connectivity index (χ1) is 29.5. The van der Waals surface area contributed by atoms with Crippen LogP contribution in [0, 0.1) is 5.92 Å². The molecule has 0 atom stereocenters. The van der Waals surface area contributed by atoms with Crippen LogP contribution < -0.4 is 5.32 Å². The van der Waals surface area contributed by atoms with Crippen LogP contribution in [0.15, 0.2) is 0 Å². The van der Waals surface area contributed by atoms with Crippen molar-refractivity contribution in [3.8, 4) is 0 Å². The molecule has 0 heterocycles. The summed E-state index contributed by atoms with van der Waals surface area (Å²) in [4.78, 5) is 12.9. The van der Waals surface area contributed by atoms with E-state index < -0.39 is 34.2 Å². The number of carbonyl (C=O) groups is 1. The van der Waals surface area contributed by atoms with Crippen molar-refractivity contribution in [1.29, 1.82) is 0 Å². The molecule has 0 aliphatic carbocycles. The van der Waals surface area contributed by atoms with Crippen molar-refractivity contribution in [2.24, 2.45) is 5.92 Å². The number of hydrogen-bond donors (Lipinski definition) is 1. The predicted molar refractivity (Wildman–Crippen MR) is 274 cm³/mol. The maximum absolute atomic E-state index is 12.9. The third-order valence-corrected chi connectivity index (χ3v) is 29.0. The van der Waals surface area contributed by atoms with Crippen LogP contribution in [0.3, 0.4) is 0 Å². The minimum Gasteiger partial charge on any atom is -0.455 e. The Bertz CT molecular complexity index is 982. The third kappa shape index (κ3) is 31.1. The predicted octanol–water partition coefficient (Wildman–Crippen LogP) is 15.0. The van der Waals surface area contributed by atoms with Crippen molar-refractivity contribution >= 4 is 40.2 Å². The first-order valence-electron chi connectivity index (χ1n) is 25.8. The van der Waals surface area contributed by atoms with Gasteiger partial charge in [0.1, 0.15) is 0 Å². The van der Waals surface area contributed by atoms with Gasteiger partial charge in [0, 0.05) is 67.7 Å². The molecule has 0 aliphatic heterocycles. The number of unbranched alkanes of at least 4 members (excludes halogenated alkanes) is 23. The molecule has 1 N–H and O–H groups in total. The van der Waals surface area contributed by atoms with Gasteiger partial charge < -0.3 is 36.0 Å². The Morgan fingerprint density at radius 1 is 0.435 bits per heavy atom. The van der Waals surface area contributed by atoms with Gasteiger partial charge in [-0.2, -0.15) is 0 Å². The number of rotatable bonds is 45. The molecular weight excluding hydrogens is 843 g/mol. The molecule has 0 aromatic rings. The van der Waals surface area contributed by atoms with Gasteiger partial charge in [-0.15, -0.1) is 0 Å². The van der Waals surface area contributed by atoms with Crippen LogP contribution in [0.4, 0.5) is 0 Å². The zero-order valence-electron chi connectivity index (χ0n) is 43.7. The summed E-state index contributed by atoms with van der Waals surface area (Å²) in [5, 5.41) is 3.66. The Kier molecular flexibility index (Phi) is 37.1. The van der Waals surface area contributed by atoms with Crippen LogP contribution in [0.2, 0.25) is 49.4 Å². The van der Waals surface area contributed by atoms with Crippen LogP contribution >= 0.6 is 0 Å². The van der Waals surface area contributed by atoms with Gasteiger partial charge in [0.25, 0.3) is 0 Å². The fraction of sp³-hybridized carbons (Fsp3) is 0.980. The second-order valence-corrected chi connectivity index (χ2v) is 36.2. The van der Waals surface area contributed by atoms with E-state index in [1.54, 1.807) is 42.7 Å². The zero-order valence-corrected chi connectivity index (χ0v) is 47.7. The molecule has 0 bridgehead atoms. The van der Waals surface area contributed by atoms with E-state index in [2.05, 4.69) is 52.3 Å². The van der Waals surface area contributed by atoms with Gasteiger partial charge in [0.05, 0.1) is 0 Å². The largest absolute Gasteiger partial charge is 0.500 e. The molecule has 0 aromatic heterocycles. The summed E-state index contributed by atoms with van der Waals surface area (Å²) in [6.07, 6.45) is 36.2. The highest BCUT2D eigenvalue weighted by atomic mass is 28.4. The number of nitrogens with one attached hydrogen (secondary N) is 1. The molecule has 0 spiro atoms. The fourth-order valence-corrected chi connectivity index (χ4v) is 20.5. The van der Waals surface area contributed by atoms with Gasteiger partial charge in [0.15, 0.2) is 16.6 Å². The third-order valence-electron chi connectivity index (χ3n) is 13.9. The van der Waals surface area contributed by atoms with Crippen LogP contribution in [-0.4, -0.2) is 89.4 Å². The second kappa shape index (κ2) is 37.1. The van der Waals surface area contributed by atoms with Crippen LogP contribution in [0.5, 0.6) is 0 Å². The normalized spacial score (nSPS) is 13.1. The summed E-state index contributed by atoms with van der Waals surface area (Å²) in [7, 11) is 2.10. The quantitative estimate of drug-likeness (QED) is 0.0477. The van der Waals surface area contributed by atoms with Crippen LogP contribution in [-0.2, 0) is 35.5 Å². The Balaban J connectivity index is 4.41. The van der Waals surface area contributed by atoms with E-state index in [0.29, 0.717) is 12.3 Å². The lowest BCUT2D eigenvalue weighted by atomic mass is 9.93. The highest BCUT2D eigenvalue weighted by molar-refractivity contribution is 6.86. The molecule has 0 saturated carbocycles. The van der Waals surface area contributed by atoms with Crippen molar-refractivity contribution in [1.82, 2.24) is 5.32 Å². The Labute approximate surface area is 390 Å². The summed E-state index contributed by atoms with van der Waals surface area (Å²) in [5.74, 6) is 0.871. The van der Waals surface area contributed by atoms with E-state index in [0.717, 1.165) is 37.9 Å². The standard InChI is InChI=1S/C49H107NO8Si4/c1-49(2,3)60(12,13)58-59(10,11)43-37-31-25-21-18-24-30-36-42-48(51)50-46-47(40-34-28-22-16-14-19-26-32-38-44-61(52-4,53-5)54-6)41-35-29-23-17-15-20-27-33-39-45-62(55-7,56-8)57-9/h47H,14-46H2,1-13H3,(H,50,51). The van der Waals surface area contributed by atoms with Gasteiger partial charge in [0.2, 0.25) is 5.91 Å². The molecular formula is C49H107NO8Si4. The molecule has 9 nitrogen and oxygen atoms in total. The molecule has 62 heavy (non-hydrogen) atoms. The summed E-state index contributed by atoms with van der Waals surface area (Å²) in [6.45, 7) is 17.5. The van der Waals surface area contributed by atoms with E-state index in [4.69, 9.17) is 30.7 Å². The van der Waals surface area contributed by atoms with Gasteiger partial charge in [-0.25, -0.2) is 0 Å². The molecule has 0 unspecified atom stereocenters. The number of hydrogen-bond acceptors (Lipinski definition) is 8. The minimum absolute atomic E-state index is 0.265. The molecule has 0 radical (unpaired) electrons. The molecule has 0 saturated heterocycles. The Hall–Kier alpha value is 0.0575. The average molecular weight is 951 g/mol. The van der Waals surface area contributed by atoms with Crippen molar-refractivity contribution in [2.45, 2.75) is 256 Å². The molecule has 0 fully saturated rings. The lowest BCUT2D eigenvalue weighted by molar-refractivity contribution is -0.121. The zero-order chi connectivity index (χ0) is 46.6. The monoisotopic (exact) mass is 950 g/mol. The Morgan fingerprint density at radius 2 is 0.726 bits per heavy atom. The molecule has 372 valence electrons. The molecule has 0 rings (SSSR count). The summed E-state index contributed by atoms with van der Waals surface area (Å²) >= 11 is 0. The first-order valence-corrected chi connectivity index (χ1v) is 35.7. The smallest absolute Gasteiger partial charge is 0.455 e. The first kappa shape index (κ1) is 62.1. The van der Waals surface area contributed by atoms with Crippen LogP contribution in [0.25, 0.3) is 0 Å². The summed E-state index contributed by atoms with van der Waals surface area (Å²) < 4.78 is 40.2. The maximum Gasteiger partial charge on any atom is 0.500 e. The van der Waals surface area contributed by atoms with Gasteiger partial charge in [-0.3, -0.25) is 4.79 Å². The van der Waals surface area contributed by atoms with Crippen LogP contribution in [0.1, 0.15) is 207 Å². The summed E-state index contributed by atoms with van der Waals surface area (Å²) in [6, 6.07) is 3.08.